The van der Waals surface area contributed by atoms with Gasteiger partial charge in [0.25, 0.3) is 0 Å². The van der Waals surface area contributed by atoms with Gasteiger partial charge in [-0.25, -0.2) is 0 Å². The van der Waals surface area contributed by atoms with Crippen LogP contribution in [0.5, 0.6) is 0 Å². The molecule has 0 aliphatic rings. The summed E-state index contributed by atoms with van der Waals surface area (Å²) in [4.78, 5) is 0. The predicted octanol–water partition coefficient (Wildman–Crippen LogP) is 4.54. The first-order chi connectivity index (χ1) is 6.24. The van der Waals surface area contributed by atoms with Gasteiger partial charge >= 0.3 is 0 Å². The Kier molecular flexibility index (Phi) is 2.58. The molecular formula is C9H5BrClFS. The van der Waals surface area contributed by atoms with Gasteiger partial charge in [-0.3, -0.25) is 0 Å². The quantitative estimate of drug-likeness (QED) is 0.672. The van der Waals surface area contributed by atoms with Crippen molar-refractivity contribution in [1.29, 1.82) is 0 Å². The molecule has 0 saturated carbocycles. The molecule has 0 spiro atoms. The fourth-order valence-electron chi connectivity index (χ4n) is 1.26. The highest BCUT2D eigenvalue weighted by molar-refractivity contribution is 9.10. The zero-order valence-corrected chi connectivity index (χ0v) is 9.64. The second kappa shape index (κ2) is 3.56. The normalized spacial score (nSPS) is 11.0. The Bertz CT molecular complexity index is 452. The topological polar surface area (TPSA) is 0 Å². The zero-order valence-electron chi connectivity index (χ0n) is 6.48. The maximum atomic E-state index is 13.2. The summed E-state index contributed by atoms with van der Waals surface area (Å²) in [5.74, 6) is 0.409. The van der Waals surface area contributed by atoms with E-state index < -0.39 is 0 Å². The highest BCUT2D eigenvalue weighted by atomic mass is 79.9. The number of hydrogen-bond acceptors (Lipinski definition) is 1. The average Bonchev–Trinajstić information content (AvgIpc) is 2.43. The van der Waals surface area contributed by atoms with Crippen molar-refractivity contribution in [3.63, 3.8) is 0 Å². The molecule has 1 aromatic carbocycles. The van der Waals surface area contributed by atoms with Crippen LogP contribution in [0.1, 0.15) is 5.56 Å². The highest BCUT2D eigenvalue weighted by Gasteiger charge is 2.11. The summed E-state index contributed by atoms with van der Waals surface area (Å²) in [7, 11) is 0. The summed E-state index contributed by atoms with van der Waals surface area (Å²) in [6, 6.07) is 5.69. The van der Waals surface area contributed by atoms with E-state index in [-0.39, 0.29) is 5.13 Å². The molecule has 0 N–H and O–H groups in total. The Morgan fingerprint density at radius 2 is 2.23 bits per heavy atom. The van der Waals surface area contributed by atoms with Crippen LogP contribution < -0.4 is 0 Å². The van der Waals surface area contributed by atoms with Crippen molar-refractivity contribution in [2.24, 2.45) is 0 Å². The van der Waals surface area contributed by atoms with Crippen molar-refractivity contribution in [1.82, 2.24) is 0 Å². The Hall–Kier alpha value is -0.120. The van der Waals surface area contributed by atoms with Gasteiger partial charge in [0.05, 0.1) is 4.47 Å². The van der Waals surface area contributed by atoms with Gasteiger partial charge in [-0.05, 0) is 27.6 Å². The lowest BCUT2D eigenvalue weighted by Crippen LogP contribution is -1.78. The summed E-state index contributed by atoms with van der Waals surface area (Å²) < 4.78 is 14.6. The second-order valence-electron chi connectivity index (χ2n) is 2.61. The Morgan fingerprint density at radius 3 is 2.92 bits per heavy atom. The Morgan fingerprint density at radius 1 is 1.46 bits per heavy atom. The van der Waals surface area contributed by atoms with Gasteiger partial charge in [0.15, 0.2) is 5.13 Å². The van der Waals surface area contributed by atoms with Crippen molar-refractivity contribution in [2.45, 2.75) is 5.88 Å². The lowest BCUT2D eigenvalue weighted by Gasteiger charge is -1.97. The number of halogens is 3. The van der Waals surface area contributed by atoms with E-state index in [4.69, 9.17) is 11.6 Å². The minimum atomic E-state index is -0.187. The largest absolute Gasteiger partial charge is 0.194 e. The van der Waals surface area contributed by atoms with Crippen LogP contribution in [0.25, 0.3) is 10.1 Å². The first-order valence-electron chi connectivity index (χ1n) is 3.65. The van der Waals surface area contributed by atoms with E-state index >= 15 is 0 Å². The molecule has 0 nitrogen and oxygen atoms in total. The lowest BCUT2D eigenvalue weighted by atomic mass is 10.1. The lowest BCUT2D eigenvalue weighted by molar-refractivity contribution is 0.652. The minimum Gasteiger partial charge on any atom is -0.194 e. The van der Waals surface area contributed by atoms with Crippen molar-refractivity contribution in [3.05, 3.63) is 33.4 Å². The van der Waals surface area contributed by atoms with Crippen molar-refractivity contribution < 1.29 is 4.39 Å². The number of hydrogen-bond donors (Lipinski definition) is 0. The third-order valence-corrected chi connectivity index (χ3v) is 4.09. The van der Waals surface area contributed by atoms with E-state index in [1.54, 1.807) is 0 Å². The molecule has 13 heavy (non-hydrogen) atoms. The van der Waals surface area contributed by atoms with E-state index in [0.29, 0.717) is 10.4 Å². The van der Waals surface area contributed by atoms with Crippen LogP contribution in [0.4, 0.5) is 4.39 Å². The molecule has 68 valence electrons. The first kappa shape index (κ1) is 9.44. The molecule has 4 heteroatoms. The maximum Gasteiger partial charge on any atom is 0.191 e. The van der Waals surface area contributed by atoms with E-state index in [2.05, 4.69) is 15.9 Å². The number of fused-ring (bicyclic) bond motifs is 1. The number of thiophene rings is 1. The molecule has 0 saturated heterocycles. The van der Waals surface area contributed by atoms with Crippen LogP contribution in [0.2, 0.25) is 0 Å². The molecule has 0 bridgehead atoms. The summed E-state index contributed by atoms with van der Waals surface area (Å²) in [5, 5.41) is 0.715. The molecule has 1 heterocycles. The SMILES string of the molecule is Fc1sc2cccc(CCl)c2c1Br. The summed E-state index contributed by atoms with van der Waals surface area (Å²) >= 11 is 10.1. The number of rotatable bonds is 1. The van der Waals surface area contributed by atoms with E-state index in [0.717, 1.165) is 27.0 Å². The smallest absolute Gasteiger partial charge is 0.191 e. The van der Waals surface area contributed by atoms with Crippen molar-refractivity contribution in [3.8, 4) is 0 Å². The van der Waals surface area contributed by atoms with E-state index in [9.17, 15) is 4.39 Å². The van der Waals surface area contributed by atoms with Crippen LogP contribution in [-0.2, 0) is 5.88 Å². The standard InChI is InChI=1S/C9H5BrClFS/c10-8-7-5(4-11)2-1-3-6(7)13-9(8)12/h1-3H,4H2. The van der Waals surface area contributed by atoms with Gasteiger partial charge in [-0.15, -0.1) is 22.9 Å². The fraction of sp³-hybridized carbons (Fsp3) is 0.111. The molecular weight excluding hydrogens is 275 g/mol. The predicted molar refractivity (Wildman–Crippen MR) is 59.0 cm³/mol. The van der Waals surface area contributed by atoms with Crippen LogP contribution in [0.15, 0.2) is 22.7 Å². The molecule has 0 radical (unpaired) electrons. The van der Waals surface area contributed by atoms with Gasteiger partial charge in [0.2, 0.25) is 0 Å². The maximum absolute atomic E-state index is 13.2. The Balaban J connectivity index is 2.87. The average molecular weight is 280 g/mol. The van der Waals surface area contributed by atoms with Crippen LogP contribution in [0.3, 0.4) is 0 Å². The number of alkyl halides is 1. The van der Waals surface area contributed by atoms with E-state index in [1.165, 1.54) is 0 Å². The van der Waals surface area contributed by atoms with Crippen molar-refractivity contribution >= 4 is 49.0 Å². The molecule has 0 atom stereocenters. The van der Waals surface area contributed by atoms with Gasteiger partial charge < -0.3 is 0 Å². The van der Waals surface area contributed by atoms with Gasteiger partial charge in [-0.2, -0.15) is 4.39 Å². The summed E-state index contributed by atoms with van der Waals surface area (Å²) in [6.07, 6.45) is 0. The minimum absolute atomic E-state index is 0.187. The van der Waals surface area contributed by atoms with Crippen LogP contribution in [-0.4, -0.2) is 0 Å². The zero-order chi connectivity index (χ0) is 9.42. The molecule has 0 aliphatic carbocycles. The van der Waals surface area contributed by atoms with Gasteiger partial charge in [0.1, 0.15) is 0 Å². The van der Waals surface area contributed by atoms with E-state index in [1.807, 2.05) is 18.2 Å². The molecule has 0 amide bonds. The third-order valence-electron chi connectivity index (χ3n) is 1.85. The first-order valence-corrected chi connectivity index (χ1v) is 5.80. The van der Waals surface area contributed by atoms with Crippen molar-refractivity contribution in [2.75, 3.05) is 0 Å². The van der Waals surface area contributed by atoms with Crippen LogP contribution in [0, 0.1) is 5.13 Å². The fourth-order valence-corrected chi connectivity index (χ4v) is 3.19. The van der Waals surface area contributed by atoms with Gasteiger partial charge in [-0.1, -0.05) is 12.1 Å². The molecule has 0 unspecified atom stereocenters. The highest BCUT2D eigenvalue weighted by Crippen LogP contribution is 2.36. The van der Waals surface area contributed by atoms with Gasteiger partial charge in [0, 0.05) is 16.0 Å². The van der Waals surface area contributed by atoms with Crippen LogP contribution >= 0.6 is 38.9 Å². The summed E-state index contributed by atoms with van der Waals surface area (Å²) in [6.45, 7) is 0. The molecule has 0 fully saturated rings. The third kappa shape index (κ3) is 1.49. The molecule has 2 rings (SSSR count). The molecule has 0 aliphatic heterocycles. The monoisotopic (exact) mass is 278 g/mol. The summed E-state index contributed by atoms with van der Waals surface area (Å²) in [5.41, 5.74) is 0.964. The number of benzene rings is 1. The second-order valence-corrected chi connectivity index (χ2v) is 4.68. The Labute approximate surface area is 92.5 Å². The molecule has 2 aromatic rings. The molecule has 1 aromatic heterocycles.